The van der Waals surface area contributed by atoms with Crippen molar-refractivity contribution in [1.29, 1.82) is 0 Å². The van der Waals surface area contributed by atoms with E-state index in [1.54, 1.807) is 17.5 Å². The van der Waals surface area contributed by atoms with Gasteiger partial charge in [0.15, 0.2) is 0 Å². The van der Waals surface area contributed by atoms with Gasteiger partial charge in [-0.15, -0.1) is 11.3 Å². The smallest absolute Gasteiger partial charge is 0.252 e. The number of amides is 1. The lowest BCUT2D eigenvalue weighted by Gasteiger charge is -2.30. The van der Waals surface area contributed by atoms with Gasteiger partial charge in [-0.1, -0.05) is 45.0 Å². The van der Waals surface area contributed by atoms with Crippen LogP contribution in [0.2, 0.25) is 0 Å². The van der Waals surface area contributed by atoms with E-state index in [9.17, 15) is 13.2 Å². The zero-order chi connectivity index (χ0) is 21.8. The zero-order valence-corrected chi connectivity index (χ0v) is 19.4. The molecular weight excluding hydrogens is 420 g/mol. The Morgan fingerprint density at radius 3 is 2.70 bits per heavy atom. The van der Waals surface area contributed by atoms with Gasteiger partial charge in [0, 0.05) is 13.1 Å². The number of hydrogen-bond acceptors (Lipinski definition) is 5. The average molecular weight is 451 g/mol. The molecule has 1 aliphatic rings. The Morgan fingerprint density at radius 1 is 1.23 bits per heavy atom. The van der Waals surface area contributed by atoms with Crippen molar-refractivity contribution in [3.63, 3.8) is 0 Å². The van der Waals surface area contributed by atoms with Crippen molar-refractivity contribution in [2.45, 2.75) is 43.2 Å². The second-order valence-electron chi connectivity index (χ2n) is 8.52. The maximum atomic E-state index is 12.7. The van der Waals surface area contributed by atoms with Gasteiger partial charge in [-0.25, -0.2) is 8.42 Å². The van der Waals surface area contributed by atoms with E-state index in [0.29, 0.717) is 36.7 Å². The summed E-state index contributed by atoms with van der Waals surface area (Å²) in [6.45, 7) is 7.83. The zero-order valence-electron chi connectivity index (χ0n) is 17.8. The molecule has 6 nitrogen and oxygen atoms in total. The summed E-state index contributed by atoms with van der Waals surface area (Å²) < 4.78 is 33.1. The monoisotopic (exact) mass is 450 g/mol. The van der Waals surface area contributed by atoms with E-state index >= 15 is 0 Å². The summed E-state index contributed by atoms with van der Waals surface area (Å²) in [6.07, 6.45) is 1.37. The van der Waals surface area contributed by atoms with Crippen molar-refractivity contribution in [2.24, 2.45) is 5.92 Å². The first-order chi connectivity index (χ1) is 14.2. The van der Waals surface area contributed by atoms with E-state index < -0.39 is 10.0 Å². The van der Waals surface area contributed by atoms with Gasteiger partial charge in [0.1, 0.15) is 16.6 Å². The maximum absolute atomic E-state index is 12.7. The first kappa shape index (κ1) is 22.8. The SMILES string of the molecule is CC(C)(C)c1ccccc1OCCNC(=O)C1CCCN(S(=O)(=O)c2cccs2)C1. The van der Waals surface area contributed by atoms with E-state index in [0.717, 1.165) is 11.3 Å². The van der Waals surface area contributed by atoms with Crippen molar-refractivity contribution in [2.75, 3.05) is 26.2 Å². The number of carbonyl (C=O) groups excluding carboxylic acids is 1. The molecule has 164 valence electrons. The van der Waals surface area contributed by atoms with Crippen molar-refractivity contribution >= 4 is 27.3 Å². The molecule has 1 aromatic carbocycles. The molecule has 1 saturated heterocycles. The van der Waals surface area contributed by atoms with Crippen molar-refractivity contribution < 1.29 is 17.9 Å². The number of nitrogens with zero attached hydrogens (tertiary/aromatic N) is 1. The Bertz CT molecular complexity index is 950. The minimum absolute atomic E-state index is 0.0283. The number of ether oxygens (including phenoxy) is 1. The lowest BCUT2D eigenvalue weighted by atomic mass is 9.86. The fraction of sp³-hybridized carbons (Fsp3) is 0.500. The molecule has 1 aromatic heterocycles. The Hall–Kier alpha value is -1.90. The van der Waals surface area contributed by atoms with Crippen LogP contribution in [-0.2, 0) is 20.2 Å². The fourth-order valence-electron chi connectivity index (χ4n) is 3.60. The third-order valence-corrected chi connectivity index (χ3v) is 8.44. The second kappa shape index (κ2) is 9.49. The second-order valence-corrected chi connectivity index (χ2v) is 11.6. The lowest BCUT2D eigenvalue weighted by Crippen LogP contribution is -2.45. The molecule has 1 fully saturated rings. The van der Waals surface area contributed by atoms with E-state index in [1.165, 1.54) is 15.6 Å². The molecule has 30 heavy (non-hydrogen) atoms. The lowest BCUT2D eigenvalue weighted by molar-refractivity contribution is -0.126. The molecule has 1 atom stereocenters. The van der Waals surface area contributed by atoms with Crippen molar-refractivity contribution in [3.05, 3.63) is 47.3 Å². The summed E-state index contributed by atoms with van der Waals surface area (Å²) in [4.78, 5) is 12.6. The Morgan fingerprint density at radius 2 is 2.00 bits per heavy atom. The van der Waals surface area contributed by atoms with E-state index in [4.69, 9.17) is 4.74 Å². The topological polar surface area (TPSA) is 75.7 Å². The molecule has 2 aromatic rings. The first-order valence-electron chi connectivity index (χ1n) is 10.2. The molecule has 0 saturated carbocycles. The Kier molecular flexibility index (Phi) is 7.21. The molecule has 0 spiro atoms. The van der Waals surface area contributed by atoms with Crippen LogP contribution < -0.4 is 10.1 Å². The summed E-state index contributed by atoms with van der Waals surface area (Å²) in [5.74, 6) is 0.370. The molecule has 0 bridgehead atoms. The molecule has 3 rings (SSSR count). The summed E-state index contributed by atoms with van der Waals surface area (Å²) in [7, 11) is -3.52. The van der Waals surface area contributed by atoms with Crippen LogP contribution in [0.15, 0.2) is 46.0 Å². The van der Waals surface area contributed by atoms with Crippen LogP contribution in [0.1, 0.15) is 39.2 Å². The molecule has 2 heterocycles. The molecule has 0 aliphatic carbocycles. The molecule has 0 radical (unpaired) electrons. The van der Waals surface area contributed by atoms with Crippen LogP contribution in [0.25, 0.3) is 0 Å². The van der Waals surface area contributed by atoms with Gasteiger partial charge in [0.05, 0.1) is 12.5 Å². The highest BCUT2D eigenvalue weighted by Gasteiger charge is 2.33. The minimum atomic E-state index is -3.52. The van der Waals surface area contributed by atoms with Crippen LogP contribution in [-0.4, -0.2) is 44.9 Å². The largest absolute Gasteiger partial charge is 0.491 e. The number of benzene rings is 1. The summed E-state index contributed by atoms with van der Waals surface area (Å²) >= 11 is 1.20. The Balaban J connectivity index is 1.51. The van der Waals surface area contributed by atoms with Gasteiger partial charge in [-0.2, -0.15) is 4.31 Å². The molecular formula is C22H30N2O4S2. The van der Waals surface area contributed by atoms with E-state index in [2.05, 4.69) is 32.2 Å². The van der Waals surface area contributed by atoms with Gasteiger partial charge in [-0.3, -0.25) is 4.79 Å². The minimum Gasteiger partial charge on any atom is -0.491 e. The van der Waals surface area contributed by atoms with Crippen LogP contribution in [0.3, 0.4) is 0 Å². The fourth-order valence-corrected chi connectivity index (χ4v) is 6.27. The molecule has 1 amide bonds. The van der Waals surface area contributed by atoms with Crippen molar-refractivity contribution in [3.8, 4) is 5.75 Å². The van der Waals surface area contributed by atoms with Crippen LogP contribution in [0.4, 0.5) is 0 Å². The standard InChI is InChI=1S/C22H30N2O4S2/c1-22(2,3)18-9-4-5-10-19(18)28-14-12-23-21(25)17-8-6-13-24(16-17)30(26,27)20-11-7-15-29-20/h4-5,7,9-11,15,17H,6,8,12-14,16H2,1-3H3,(H,23,25). The highest BCUT2D eigenvalue weighted by molar-refractivity contribution is 7.91. The summed E-state index contributed by atoms with van der Waals surface area (Å²) in [5.41, 5.74) is 1.09. The highest BCUT2D eigenvalue weighted by atomic mass is 32.2. The van der Waals surface area contributed by atoms with Gasteiger partial charge >= 0.3 is 0 Å². The van der Waals surface area contributed by atoms with Crippen LogP contribution in [0, 0.1) is 5.92 Å². The summed E-state index contributed by atoms with van der Waals surface area (Å²) in [5, 5.41) is 4.65. The number of thiophene rings is 1. The van der Waals surface area contributed by atoms with Crippen LogP contribution >= 0.6 is 11.3 Å². The number of sulfonamides is 1. The normalized spacial score (nSPS) is 18.2. The Labute approximate surface area is 183 Å². The van der Waals surface area contributed by atoms with Crippen LogP contribution in [0.5, 0.6) is 5.75 Å². The summed E-state index contributed by atoms with van der Waals surface area (Å²) in [6, 6.07) is 11.3. The van der Waals surface area contributed by atoms with Gasteiger partial charge in [-0.05, 0) is 41.3 Å². The van der Waals surface area contributed by atoms with Gasteiger partial charge in [0.2, 0.25) is 5.91 Å². The predicted molar refractivity (Wildman–Crippen MR) is 119 cm³/mol. The highest BCUT2D eigenvalue weighted by Crippen LogP contribution is 2.31. The maximum Gasteiger partial charge on any atom is 0.252 e. The predicted octanol–water partition coefficient (Wildman–Crippen LogP) is 3.64. The number of para-hydroxylation sites is 1. The van der Waals surface area contributed by atoms with Gasteiger partial charge < -0.3 is 10.1 Å². The number of hydrogen-bond donors (Lipinski definition) is 1. The molecule has 1 unspecified atom stereocenters. The molecule has 8 heteroatoms. The number of nitrogens with one attached hydrogen (secondary N) is 1. The molecule has 1 aliphatic heterocycles. The van der Waals surface area contributed by atoms with E-state index in [1.807, 2.05) is 18.2 Å². The number of piperidine rings is 1. The molecule has 1 N–H and O–H groups in total. The third-order valence-electron chi connectivity index (χ3n) is 5.20. The van der Waals surface area contributed by atoms with Gasteiger partial charge in [0.25, 0.3) is 10.0 Å². The van der Waals surface area contributed by atoms with E-state index in [-0.39, 0.29) is 23.8 Å². The third kappa shape index (κ3) is 5.42. The van der Waals surface area contributed by atoms with Crippen molar-refractivity contribution in [1.82, 2.24) is 9.62 Å². The number of carbonyl (C=O) groups is 1. The quantitative estimate of drug-likeness (QED) is 0.654. The first-order valence-corrected chi connectivity index (χ1v) is 12.6. The number of rotatable bonds is 7. The average Bonchev–Trinajstić information content (AvgIpc) is 3.26.